The number of carbonyl (C=O) groups excluding carboxylic acids is 1. The Morgan fingerprint density at radius 1 is 0.935 bits per heavy atom. The van der Waals surface area contributed by atoms with E-state index < -0.39 is 12.1 Å². The molecule has 9 heteroatoms. The highest BCUT2D eigenvalue weighted by Crippen LogP contribution is 2.28. The number of carboxylic acids is 1. The first kappa shape index (κ1) is 25.8. The summed E-state index contributed by atoms with van der Waals surface area (Å²) in [7, 11) is 0. The molecular formula is C22H26F3NO5. The first-order chi connectivity index (χ1) is 14.7. The highest BCUT2D eigenvalue weighted by atomic mass is 19.4. The van der Waals surface area contributed by atoms with E-state index in [-0.39, 0.29) is 5.91 Å². The third kappa shape index (κ3) is 10.4. The number of nitrogens with one attached hydrogen (secondary N) is 1. The van der Waals surface area contributed by atoms with E-state index in [0.29, 0.717) is 26.2 Å². The van der Waals surface area contributed by atoms with E-state index in [2.05, 4.69) is 5.32 Å². The Balaban J connectivity index is 0.000000592. The minimum Gasteiger partial charge on any atom is -0.490 e. The molecule has 31 heavy (non-hydrogen) atoms. The number of amides is 1. The largest absolute Gasteiger partial charge is 0.490 e. The van der Waals surface area contributed by atoms with Crippen LogP contribution in [0.5, 0.6) is 11.5 Å². The molecule has 0 bridgehead atoms. The monoisotopic (exact) mass is 441 g/mol. The standard InChI is InChI=1S/C20H25NO3.C2HF3O2/c1-3-23-18-11-10-17(14-19(18)24-4-2)12-13-21-20(22)15-16-8-6-5-7-9-16;3-2(4,5)1(6)7/h5-11,14H,3-4,12-13,15H2,1-2H3,(H,21,22);(H,6,7). The molecule has 0 aliphatic rings. The molecule has 0 spiro atoms. The molecule has 2 aromatic rings. The topological polar surface area (TPSA) is 84.9 Å². The van der Waals surface area contributed by atoms with Gasteiger partial charge in [-0.3, -0.25) is 4.79 Å². The molecule has 0 atom stereocenters. The Labute approximate surface area is 179 Å². The summed E-state index contributed by atoms with van der Waals surface area (Å²) in [4.78, 5) is 20.9. The van der Waals surface area contributed by atoms with Gasteiger partial charge in [0.05, 0.1) is 19.6 Å². The second-order valence-corrected chi connectivity index (χ2v) is 6.21. The van der Waals surface area contributed by atoms with Crippen LogP contribution >= 0.6 is 0 Å². The normalized spacial score (nSPS) is 10.5. The van der Waals surface area contributed by atoms with Gasteiger partial charge in [-0.25, -0.2) is 4.79 Å². The molecule has 0 radical (unpaired) electrons. The SMILES string of the molecule is CCOc1ccc(CCNC(=O)Cc2ccccc2)cc1OCC.O=C(O)C(F)(F)F. The maximum absolute atomic E-state index is 12.0. The van der Waals surface area contributed by atoms with E-state index in [4.69, 9.17) is 19.4 Å². The summed E-state index contributed by atoms with van der Waals surface area (Å²) in [5.41, 5.74) is 2.14. The van der Waals surface area contributed by atoms with Crippen molar-refractivity contribution >= 4 is 11.9 Å². The number of alkyl halides is 3. The van der Waals surface area contributed by atoms with Crippen LogP contribution in [-0.2, 0) is 22.4 Å². The van der Waals surface area contributed by atoms with Crippen LogP contribution in [0.1, 0.15) is 25.0 Å². The van der Waals surface area contributed by atoms with Crippen LogP contribution in [0.15, 0.2) is 48.5 Å². The molecule has 0 aliphatic carbocycles. The fourth-order valence-corrected chi connectivity index (χ4v) is 2.44. The van der Waals surface area contributed by atoms with Crippen LogP contribution in [0.2, 0.25) is 0 Å². The van der Waals surface area contributed by atoms with E-state index >= 15 is 0 Å². The molecule has 2 rings (SSSR count). The molecule has 0 saturated heterocycles. The Morgan fingerprint density at radius 2 is 1.52 bits per heavy atom. The predicted octanol–water partition coefficient (Wildman–Crippen LogP) is 4.02. The molecule has 2 aromatic carbocycles. The second-order valence-electron chi connectivity index (χ2n) is 6.21. The van der Waals surface area contributed by atoms with Crippen LogP contribution in [0, 0.1) is 0 Å². The Kier molecular flexibility index (Phi) is 10.9. The Bertz CT molecular complexity index is 826. The maximum Gasteiger partial charge on any atom is 0.490 e. The average Bonchev–Trinajstić information content (AvgIpc) is 2.71. The molecule has 2 N–H and O–H groups in total. The summed E-state index contributed by atoms with van der Waals surface area (Å²) in [5.74, 6) is -1.20. The van der Waals surface area contributed by atoms with E-state index in [1.807, 2.05) is 62.4 Å². The van der Waals surface area contributed by atoms with Gasteiger partial charge in [-0.1, -0.05) is 36.4 Å². The summed E-state index contributed by atoms with van der Waals surface area (Å²) in [6.07, 6.45) is -3.92. The van der Waals surface area contributed by atoms with Gasteiger partial charge < -0.3 is 19.9 Å². The molecule has 0 fully saturated rings. The number of carboxylic acid groups (broad SMARTS) is 1. The number of rotatable bonds is 9. The lowest BCUT2D eigenvalue weighted by Gasteiger charge is -2.12. The lowest BCUT2D eigenvalue weighted by molar-refractivity contribution is -0.192. The van der Waals surface area contributed by atoms with Crippen molar-refractivity contribution in [1.29, 1.82) is 0 Å². The summed E-state index contributed by atoms with van der Waals surface area (Å²) < 4.78 is 42.9. The van der Waals surface area contributed by atoms with Crippen molar-refractivity contribution < 1.29 is 37.3 Å². The average molecular weight is 441 g/mol. The number of hydrogen-bond donors (Lipinski definition) is 2. The highest BCUT2D eigenvalue weighted by molar-refractivity contribution is 5.78. The van der Waals surface area contributed by atoms with Gasteiger partial charge in [0.25, 0.3) is 0 Å². The van der Waals surface area contributed by atoms with Crippen molar-refractivity contribution in [2.45, 2.75) is 32.9 Å². The van der Waals surface area contributed by atoms with Crippen LogP contribution in [0.4, 0.5) is 13.2 Å². The number of carbonyl (C=O) groups is 2. The molecule has 0 aliphatic heterocycles. The Hall–Kier alpha value is -3.23. The van der Waals surface area contributed by atoms with Crippen molar-refractivity contribution in [2.24, 2.45) is 0 Å². The van der Waals surface area contributed by atoms with Gasteiger partial charge in [-0.05, 0) is 43.5 Å². The molecular weight excluding hydrogens is 415 g/mol. The summed E-state index contributed by atoms with van der Waals surface area (Å²) >= 11 is 0. The van der Waals surface area contributed by atoms with Crippen molar-refractivity contribution in [3.05, 3.63) is 59.7 Å². The van der Waals surface area contributed by atoms with Crippen LogP contribution in [-0.4, -0.2) is 42.9 Å². The number of benzene rings is 2. The minimum absolute atomic E-state index is 0.0390. The van der Waals surface area contributed by atoms with Gasteiger partial charge in [-0.15, -0.1) is 0 Å². The van der Waals surface area contributed by atoms with Crippen molar-refractivity contribution in [1.82, 2.24) is 5.32 Å². The fourth-order valence-electron chi connectivity index (χ4n) is 2.44. The van der Waals surface area contributed by atoms with Crippen LogP contribution < -0.4 is 14.8 Å². The number of aliphatic carboxylic acids is 1. The third-order valence-corrected chi connectivity index (χ3v) is 3.79. The minimum atomic E-state index is -5.08. The lowest BCUT2D eigenvalue weighted by atomic mass is 10.1. The number of halogens is 3. The van der Waals surface area contributed by atoms with Gasteiger partial charge in [0.1, 0.15) is 0 Å². The maximum atomic E-state index is 12.0. The van der Waals surface area contributed by atoms with E-state index in [9.17, 15) is 18.0 Å². The van der Waals surface area contributed by atoms with Crippen LogP contribution in [0.25, 0.3) is 0 Å². The summed E-state index contributed by atoms with van der Waals surface area (Å²) in [6.45, 7) is 5.70. The third-order valence-electron chi connectivity index (χ3n) is 3.79. The van der Waals surface area contributed by atoms with Gasteiger partial charge in [-0.2, -0.15) is 13.2 Å². The highest BCUT2D eigenvalue weighted by Gasteiger charge is 2.38. The smallest absolute Gasteiger partial charge is 0.490 e. The molecule has 0 heterocycles. The first-order valence-electron chi connectivity index (χ1n) is 9.66. The van der Waals surface area contributed by atoms with Gasteiger partial charge >= 0.3 is 12.1 Å². The van der Waals surface area contributed by atoms with Crippen LogP contribution in [0.3, 0.4) is 0 Å². The Morgan fingerprint density at radius 3 is 2.06 bits per heavy atom. The van der Waals surface area contributed by atoms with Crippen molar-refractivity contribution in [3.63, 3.8) is 0 Å². The van der Waals surface area contributed by atoms with E-state index in [0.717, 1.165) is 29.0 Å². The fraction of sp³-hybridized carbons (Fsp3) is 0.364. The van der Waals surface area contributed by atoms with Gasteiger partial charge in [0.15, 0.2) is 11.5 Å². The van der Waals surface area contributed by atoms with E-state index in [1.165, 1.54) is 0 Å². The van der Waals surface area contributed by atoms with Gasteiger partial charge in [0, 0.05) is 6.54 Å². The molecule has 0 saturated carbocycles. The molecule has 6 nitrogen and oxygen atoms in total. The zero-order valence-corrected chi connectivity index (χ0v) is 17.4. The second kappa shape index (κ2) is 13.1. The molecule has 170 valence electrons. The predicted molar refractivity (Wildman–Crippen MR) is 109 cm³/mol. The summed E-state index contributed by atoms with van der Waals surface area (Å²) in [5, 5.41) is 10.1. The van der Waals surface area contributed by atoms with Gasteiger partial charge in [0.2, 0.25) is 5.91 Å². The summed E-state index contributed by atoms with van der Waals surface area (Å²) in [6, 6.07) is 15.7. The molecule has 0 unspecified atom stereocenters. The zero-order chi connectivity index (χ0) is 23.3. The quantitative estimate of drug-likeness (QED) is 0.614. The molecule has 1 amide bonds. The molecule has 0 aromatic heterocycles. The number of hydrogen-bond acceptors (Lipinski definition) is 4. The lowest BCUT2D eigenvalue weighted by Crippen LogP contribution is -2.27. The van der Waals surface area contributed by atoms with Crippen molar-refractivity contribution in [2.75, 3.05) is 19.8 Å². The number of ether oxygens (including phenoxy) is 2. The van der Waals surface area contributed by atoms with E-state index in [1.54, 1.807) is 0 Å². The van der Waals surface area contributed by atoms with Crippen molar-refractivity contribution in [3.8, 4) is 11.5 Å². The zero-order valence-electron chi connectivity index (χ0n) is 17.4. The first-order valence-corrected chi connectivity index (χ1v) is 9.66.